The molecule has 0 fully saturated rings. The summed E-state index contributed by atoms with van der Waals surface area (Å²) < 4.78 is 0. The highest BCUT2D eigenvalue weighted by molar-refractivity contribution is 7.99. The molecule has 0 saturated carbocycles. The molecule has 1 amide bonds. The lowest BCUT2D eigenvalue weighted by Gasteiger charge is -2.06. The van der Waals surface area contributed by atoms with Crippen molar-refractivity contribution in [3.8, 4) is 0 Å². The van der Waals surface area contributed by atoms with E-state index in [1.54, 1.807) is 0 Å². The zero-order chi connectivity index (χ0) is 10.1. The highest BCUT2D eigenvalue weighted by atomic mass is 32.2. The number of thioether (sulfide) groups is 1. The molecule has 0 aliphatic heterocycles. The van der Waals surface area contributed by atoms with Crippen molar-refractivity contribution in [2.45, 2.75) is 45.3 Å². The minimum absolute atomic E-state index is 0.200. The minimum Gasteiger partial charge on any atom is -0.355 e. The fourth-order valence-electron chi connectivity index (χ4n) is 0.911. The Kier molecular flexibility index (Phi) is 8.30. The summed E-state index contributed by atoms with van der Waals surface area (Å²) in [5.41, 5.74) is 0. The summed E-state index contributed by atoms with van der Waals surface area (Å²) in [6.07, 6.45) is 2.78. The third kappa shape index (κ3) is 9.74. The molecule has 0 unspecified atom stereocenters. The zero-order valence-electron chi connectivity index (χ0n) is 8.93. The number of hydrogen-bond donors (Lipinski definition) is 1. The fourth-order valence-corrected chi connectivity index (χ4v) is 1.60. The lowest BCUT2D eigenvalue weighted by molar-refractivity contribution is -0.121. The van der Waals surface area contributed by atoms with Crippen molar-refractivity contribution in [3.63, 3.8) is 0 Å². The van der Waals surface area contributed by atoms with Gasteiger partial charge < -0.3 is 5.32 Å². The molecule has 0 heterocycles. The number of hydrogen-bond acceptors (Lipinski definition) is 2. The molecular formula is C10H21NOS. The average Bonchev–Trinajstić information content (AvgIpc) is 2.08. The maximum Gasteiger partial charge on any atom is 0.220 e. The maximum atomic E-state index is 11.1. The molecule has 0 bridgehead atoms. The smallest absolute Gasteiger partial charge is 0.220 e. The Morgan fingerprint density at radius 3 is 2.69 bits per heavy atom. The van der Waals surface area contributed by atoms with Gasteiger partial charge in [0.2, 0.25) is 5.91 Å². The van der Waals surface area contributed by atoms with E-state index in [2.05, 4.69) is 26.1 Å². The van der Waals surface area contributed by atoms with Crippen molar-refractivity contribution in [3.05, 3.63) is 0 Å². The largest absolute Gasteiger partial charge is 0.355 e. The first-order valence-corrected chi connectivity index (χ1v) is 6.10. The Bertz CT molecular complexity index is 137. The summed E-state index contributed by atoms with van der Waals surface area (Å²) in [5.74, 6) is 1.22. The van der Waals surface area contributed by atoms with E-state index in [0.717, 1.165) is 25.1 Å². The van der Waals surface area contributed by atoms with Crippen molar-refractivity contribution in [2.24, 2.45) is 0 Å². The van der Waals surface area contributed by atoms with Gasteiger partial charge in [0.05, 0.1) is 0 Å². The third-order valence-electron chi connectivity index (χ3n) is 1.63. The molecule has 0 aromatic carbocycles. The molecule has 0 aromatic heterocycles. The third-order valence-corrected chi connectivity index (χ3v) is 2.74. The van der Waals surface area contributed by atoms with E-state index in [4.69, 9.17) is 0 Å². The molecule has 0 saturated heterocycles. The molecule has 0 rings (SSSR count). The second kappa shape index (κ2) is 8.42. The van der Waals surface area contributed by atoms with E-state index in [-0.39, 0.29) is 5.91 Å². The predicted molar refractivity (Wildman–Crippen MR) is 60.1 cm³/mol. The average molecular weight is 203 g/mol. The van der Waals surface area contributed by atoms with Crippen LogP contribution in [-0.2, 0) is 4.79 Å². The monoisotopic (exact) mass is 203 g/mol. The predicted octanol–water partition coefficient (Wildman–Crippen LogP) is 2.43. The van der Waals surface area contributed by atoms with Crippen LogP contribution in [0.3, 0.4) is 0 Å². The van der Waals surface area contributed by atoms with Crippen LogP contribution in [0.5, 0.6) is 0 Å². The molecule has 0 aliphatic carbocycles. The van der Waals surface area contributed by atoms with Gasteiger partial charge in [-0.2, -0.15) is 11.8 Å². The van der Waals surface area contributed by atoms with Gasteiger partial charge in [0.25, 0.3) is 0 Å². The van der Waals surface area contributed by atoms with Crippen molar-refractivity contribution in [1.82, 2.24) is 5.32 Å². The fraction of sp³-hybridized carbons (Fsp3) is 0.900. The highest BCUT2D eigenvalue weighted by Gasteiger charge is 1.99. The van der Waals surface area contributed by atoms with Crippen LogP contribution in [0.25, 0.3) is 0 Å². The molecule has 0 atom stereocenters. The standard InChI is InChI=1S/C10H21NOS/c1-4-5-6-10(12)11-7-8-13-9(2)3/h9H,4-8H2,1-3H3,(H,11,12). The second-order valence-corrected chi connectivity index (χ2v) is 5.06. The molecule has 2 nitrogen and oxygen atoms in total. The van der Waals surface area contributed by atoms with Crippen LogP contribution in [0, 0.1) is 0 Å². The number of unbranched alkanes of at least 4 members (excludes halogenated alkanes) is 1. The van der Waals surface area contributed by atoms with Crippen molar-refractivity contribution in [2.75, 3.05) is 12.3 Å². The van der Waals surface area contributed by atoms with Gasteiger partial charge in [-0.05, 0) is 11.7 Å². The highest BCUT2D eigenvalue weighted by Crippen LogP contribution is 2.06. The van der Waals surface area contributed by atoms with Crippen molar-refractivity contribution < 1.29 is 4.79 Å². The van der Waals surface area contributed by atoms with E-state index in [0.29, 0.717) is 11.7 Å². The van der Waals surface area contributed by atoms with Crippen molar-refractivity contribution in [1.29, 1.82) is 0 Å². The number of rotatable bonds is 7. The Balaban J connectivity index is 3.17. The Morgan fingerprint density at radius 1 is 1.46 bits per heavy atom. The zero-order valence-corrected chi connectivity index (χ0v) is 9.75. The van der Waals surface area contributed by atoms with Crippen LogP contribution < -0.4 is 5.32 Å². The molecule has 78 valence electrons. The molecule has 1 N–H and O–H groups in total. The first-order chi connectivity index (χ1) is 6.16. The SMILES string of the molecule is CCCCC(=O)NCCSC(C)C. The van der Waals surface area contributed by atoms with E-state index in [1.807, 2.05) is 11.8 Å². The quantitative estimate of drug-likeness (QED) is 0.644. The number of nitrogens with one attached hydrogen (secondary N) is 1. The molecule has 13 heavy (non-hydrogen) atoms. The van der Waals surface area contributed by atoms with Gasteiger partial charge in [-0.3, -0.25) is 4.79 Å². The topological polar surface area (TPSA) is 29.1 Å². The summed E-state index contributed by atoms with van der Waals surface area (Å²) in [4.78, 5) is 11.1. The van der Waals surface area contributed by atoms with Crippen LogP contribution >= 0.6 is 11.8 Å². The van der Waals surface area contributed by atoms with Gasteiger partial charge in [0.15, 0.2) is 0 Å². The van der Waals surface area contributed by atoms with E-state index >= 15 is 0 Å². The van der Waals surface area contributed by atoms with Crippen LogP contribution in [0.15, 0.2) is 0 Å². The van der Waals surface area contributed by atoms with Gasteiger partial charge in [0.1, 0.15) is 0 Å². The summed E-state index contributed by atoms with van der Waals surface area (Å²) in [6.45, 7) is 7.25. The molecule has 0 aromatic rings. The first-order valence-electron chi connectivity index (χ1n) is 5.05. The van der Waals surface area contributed by atoms with E-state index in [9.17, 15) is 4.79 Å². The Labute approximate surface area is 85.9 Å². The summed E-state index contributed by atoms with van der Waals surface area (Å²) in [6, 6.07) is 0. The van der Waals surface area contributed by atoms with Crippen LogP contribution in [0.1, 0.15) is 40.0 Å². The lowest BCUT2D eigenvalue weighted by atomic mass is 10.2. The van der Waals surface area contributed by atoms with E-state index < -0.39 is 0 Å². The normalized spacial score (nSPS) is 10.5. The van der Waals surface area contributed by atoms with Crippen LogP contribution in [-0.4, -0.2) is 23.5 Å². The number of carbonyl (C=O) groups is 1. The Hall–Kier alpha value is -0.180. The first kappa shape index (κ1) is 12.8. The molecule has 3 heteroatoms. The van der Waals surface area contributed by atoms with Gasteiger partial charge in [-0.25, -0.2) is 0 Å². The summed E-state index contributed by atoms with van der Waals surface area (Å²) >= 11 is 1.88. The van der Waals surface area contributed by atoms with Gasteiger partial charge >= 0.3 is 0 Å². The summed E-state index contributed by atoms with van der Waals surface area (Å²) in [5, 5.41) is 3.57. The Morgan fingerprint density at radius 2 is 2.15 bits per heavy atom. The minimum atomic E-state index is 0.200. The van der Waals surface area contributed by atoms with Crippen LogP contribution in [0.4, 0.5) is 0 Å². The van der Waals surface area contributed by atoms with Gasteiger partial charge in [-0.15, -0.1) is 0 Å². The molecule has 0 spiro atoms. The molecular weight excluding hydrogens is 182 g/mol. The van der Waals surface area contributed by atoms with Gasteiger partial charge in [-0.1, -0.05) is 27.2 Å². The maximum absolute atomic E-state index is 11.1. The number of amides is 1. The van der Waals surface area contributed by atoms with Crippen LogP contribution in [0.2, 0.25) is 0 Å². The second-order valence-electron chi connectivity index (χ2n) is 3.37. The van der Waals surface area contributed by atoms with Gasteiger partial charge in [0, 0.05) is 18.7 Å². The van der Waals surface area contributed by atoms with E-state index in [1.165, 1.54) is 0 Å². The lowest BCUT2D eigenvalue weighted by Crippen LogP contribution is -2.25. The molecule has 0 aliphatic rings. The number of carbonyl (C=O) groups excluding carboxylic acids is 1. The van der Waals surface area contributed by atoms with Crippen molar-refractivity contribution >= 4 is 17.7 Å². The molecule has 0 radical (unpaired) electrons. The summed E-state index contributed by atoms with van der Waals surface area (Å²) in [7, 11) is 0.